The molecule has 4 heteroatoms. The second-order valence-electron chi connectivity index (χ2n) is 4.81. The Kier molecular flexibility index (Phi) is 5.97. The first kappa shape index (κ1) is 16.5. The number of nitrogens with one attached hydrogen (secondary N) is 1. The molecule has 20 heavy (non-hydrogen) atoms. The van der Waals surface area contributed by atoms with Gasteiger partial charge in [0.1, 0.15) is 5.54 Å². The number of carbonyl (C=O) groups excluding carboxylic acids is 1. The second-order valence-corrected chi connectivity index (χ2v) is 5.83. The molecule has 0 aliphatic heterocycles. The molecule has 3 nitrogen and oxygen atoms in total. The lowest BCUT2D eigenvalue weighted by molar-refractivity contribution is -0.119. The molecule has 0 heterocycles. The summed E-state index contributed by atoms with van der Waals surface area (Å²) in [4.78, 5) is 13.0. The highest BCUT2D eigenvalue weighted by Crippen LogP contribution is 2.26. The number of hydrogen-bond donors (Lipinski definition) is 2. The third-order valence-electron chi connectivity index (χ3n) is 3.39. The molecule has 0 saturated heterocycles. The highest BCUT2D eigenvalue weighted by Gasteiger charge is 2.25. The number of hydrogen-bond acceptors (Lipinski definition) is 3. The summed E-state index contributed by atoms with van der Waals surface area (Å²) in [6, 6.07) is 5.80. The molecular weight excluding hydrogens is 268 g/mol. The Morgan fingerprint density at radius 2 is 2.10 bits per heavy atom. The average molecular weight is 290 g/mol. The number of benzene rings is 1. The maximum absolute atomic E-state index is 12.0. The van der Waals surface area contributed by atoms with Crippen molar-refractivity contribution in [1.82, 2.24) is 5.32 Å². The van der Waals surface area contributed by atoms with Gasteiger partial charge in [-0.15, -0.1) is 18.2 Å². The quantitative estimate of drug-likeness (QED) is 0.481. The van der Waals surface area contributed by atoms with Crippen LogP contribution in [-0.2, 0) is 4.79 Å². The lowest BCUT2D eigenvalue weighted by Gasteiger charge is -2.27. The van der Waals surface area contributed by atoms with Crippen LogP contribution in [0.2, 0.25) is 0 Å². The van der Waals surface area contributed by atoms with Crippen molar-refractivity contribution >= 4 is 23.4 Å². The molecule has 1 rings (SSSR count). The number of amides is 1. The molecule has 0 radical (unpaired) electrons. The third kappa shape index (κ3) is 4.21. The van der Waals surface area contributed by atoms with Gasteiger partial charge in [-0.1, -0.05) is 25.8 Å². The Hall–Kier alpha value is -1.60. The highest BCUT2D eigenvalue weighted by atomic mass is 32.2. The first-order valence-corrected chi connectivity index (χ1v) is 7.72. The average Bonchev–Trinajstić information content (AvgIpc) is 2.46. The molecule has 0 unspecified atom stereocenters. The van der Waals surface area contributed by atoms with Crippen molar-refractivity contribution in [1.29, 1.82) is 0 Å². The molecule has 0 fully saturated rings. The monoisotopic (exact) mass is 290 g/mol. The van der Waals surface area contributed by atoms with E-state index in [9.17, 15) is 4.79 Å². The number of anilines is 1. The highest BCUT2D eigenvalue weighted by molar-refractivity contribution is 8.00. The van der Waals surface area contributed by atoms with Gasteiger partial charge >= 0.3 is 0 Å². The molecule has 108 valence electrons. The van der Waals surface area contributed by atoms with E-state index in [0.717, 1.165) is 23.3 Å². The SMILES string of the molecule is C#CC(CC)(CC)NC(=O)CSc1cc(C)ccc1N. The summed E-state index contributed by atoms with van der Waals surface area (Å²) in [7, 11) is 0. The van der Waals surface area contributed by atoms with Gasteiger partial charge in [0.05, 0.1) is 5.75 Å². The molecule has 0 saturated carbocycles. The zero-order valence-electron chi connectivity index (χ0n) is 12.3. The number of thioether (sulfide) groups is 1. The minimum Gasteiger partial charge on any atom is -0.398 e. The molecule has 0 spiro atoms. The Balaban J connectivity index is 2.64. The summed E-state index contributed by atoms with van der Waals surface area (Å²) >= 11 is 1.44. The van der Waals surface area contributed by atoms with E-state index in [1.165, 1.54) is 11.8 Å². The fourth-order valence-corrected chi connectivity index (χ4v) is 2.74. The van der Waals surface area contributed by atoms with Crippen LogP contribution in [-0.4, -0.2) is 17.2 Å². The van der Waals surface area contributed by atoms with Crippen LogP contribution >= 0.6 is 11.8 Å². The zero-order valence-corrected chi connectivity index (χ0v) is 13.1. The number of nitrogens with two attached hydrogens (primary N) is 1. The van der Waals surface area contributed by atoms with Crippen LogP contribution in [0.3, 0.4) is 0 Å². The van der Waals surface area contributed by atoms with E-state index in [4.69, 9.17) is 12.2 Å². The van der Waals surface area contributed by atoms with Crippen molar-refractivity contribution < 1.29 is 4.79 Å². The normalized spacial score (nSPS) is 10.9. The molecule has 0 aliphatic carbocycles. The van der Waals surface area contributed by atoms with Crippen molar-refractivity contribution in [3.05, 3.63) is 23.8 Å². The van der Waals surface area contributed by atoms with E-state index < -0.39 is 5.54 Å². The smallest absolute Gasteiger partial charge is 0.231 e. The van der Waals surface area contributed by atoms with E-state index in [1.807, 2.05) is 39.0 Å². The minimum atomic E-state index is -0.532. The Bertz CT molecular complexity index is 516. The Morgan fingerprint density at radius 1 is 1.45 bits per heavy atom. The van der Waals surface area contributed by atoms with Crippen LogP contribution in [0.5, 0.6) is 0 Å². The van der Waals surface area contributed by atoms with Crippen molar-refractivity contribution in [3.8, 4) is 12.3 Å². The van der Waals surface area contributed by atoms with E-state index in [1.54, 1.807) is 0 Å². The molecule has 0 aromatic heterocycles. The molecule has 0 aliphatic rings. The molecule has 0 atom stereocenters. The maximum Gasteiger partial charge on any atom is 0.231 e. The van der Waals surface area contributed by atoms with Crippen LogP contribution in [0.15, 0.2) is 23.1 Å². The first-order chi connectivity index (χ1) is 9.46. The number of rotatable bonds is 6. The van der Waals surface area contributed by atoms with E-state index >= 15 is 0 Å². The topological polar surface area (TPSA) is 55.1 Å². The third-order valence-corrected chi connectivity index (χ3v) is 4.46. The van der Waals surface area contributed by atoms with Crippen molar-refractivity contribution in [2.45, 2.75) is 44.0 Å². The van der Waals surface area contributed by atoms with E-state index in [0.29, 0.717) is 11.4 Å². The molecule has 0 bridgehead atoms. The molecular formula is C16H22N2OS. The number of nitrogen functional groups attached to an aromatic ring is 1. The fourth-order valence-electron chi connectivity index (χ4n) is 1.88. The van der Waals surface area contributed by atoms with Gasteiger partial charge in [0.15, 0.2) is 0 Å². The predicted octanol–water partition coefficient (Wildman–Crippen LogP) is 2.98. The largest absolute Gasteiger partial charge is 0.398 e. The Labute approximate surface area is 125 Å². The summed E-state index contributed by atoms with van der Waals surface area (Å²) in [5, 5.41) is 2.95. The minimum absolute atomic E-state index is 0.0578. The summed E-state index contributed by atoms with van der Waals surface area (Å²) in [6.45, 7) is 5.96. The zero-order chi connectivity index (χ0) is 15.2. The fraction of sp³-hybridized carbons (Fsp3) is 0.438. The van der Waals surface area contributed by atoms with Gasteiger partial charge in [-0.2, -0.15) is 0 Å². The first-order valence-electron chi connectivity index (χ1n) is 6.74. The number of aryl methyl sites for hydroxylation is 1. The van der Waals surface area contributed by atoms with Crippen molar-refractivity contribution in [3.63, 3.8) is 0 Å². The summed E-state index contributed by atoms with van der Waals surface area (Å²) in [5.74, 6) is 2.96. The van der Waals surface area contributed by atoms with Gasteiger partial charge in [0.2, 0.25) is 5.91 Å². The van der Waals surface area contributed by atoms with Crippen LogP contribution in [0.4, 0.5) is 5.69 Å². The van der Waals surface area contributed by atoms with Crippen molar-refractivity contribution in [2.75, 3.05) is 11.5 Å². The lowest BCUT2D eigenvalue weighted by atomic mass is 9.94. The van der Waals surface area contributed by atoms with Crippen LogP contribution in [0, 0.1) is 19.3 Å². The van der Waals surface area contributed by atoms with Gasteiger partial charge in [-0.05, 0) is 37.5 Å². The van der Waals surface area contributed by atoms with Gasteiger partial charge in [0, 0.05) is 10.6 Å². The van der Waals surface area contributed by atoms with Gasteiger partial charge in [-0.25, -0.2) is 0 Å². The van der Waals surface area contributed by atoms with Crippen LogP contribution < -0.4 is 11.1 Å². The second kappa shape index (κ2) is 7.25. The van der Waals surface area contributed by atoms with Crippen LogP contribution in [0.25, 0.3) is 0 Å². The van der Waals surface area contributed by atoms with Crippen molar-refractivity contribution in [2.24, 2.45) is 0 Å². The molecule has 1 amide bonds. The molecule has 1 aromatic rings. The number of carbonyl (C=O) groups is 1. The lowest BCUT2D eigenvalue weighted by Crippen LogP contribution is -2.47. The van der Waals surface area contributed by atoms with E-state index in [-0.39, 0.29) is 5.91 Å². The Morgan fingerprint density at radius 3 is 2.65 bits per heavy atom. The maximum atomic E-state index is 12.0. The van der Waals surface area contributed by atoms with Gasteiger partial charge < -0.3 is 11.1 Å². The molecule has 1 aromatic carbocycles. The number of terminal acetylenes is 1. The van der Waals surface area contributed by atoms with E-state index in [2.05, 4.69) is 11.2 Å². The van der Waals surface area contributed by atoms with Gasteiger partial charge in [0.25, 0.3) is 0 Å². The van der Waals surface area contributed by atoms with Gasteiger partial charge in [-0.3, -0.25) is 4.79 Å². The van der Waals surface area contributed by atoms with Crippen LogP contribution in [0.1, 0.15) is 32.3 Å². The predicted molar refractivity (Wildman–Crippen MR) is 86.6 cm³/mol. The standard InChI is InChI=1S/C16H22N2OS/c1-5-16(6-2,7-3)18-15(19)11-20-14-10-12(4)8-9-13(14)17/h1,8-10H,6-7,11,17H2,2-4H3,(H,18,19). The summed E-state index contributed by atoms with van der Waals surface area (Å²) in [5.41, 5.74) is 7.19. The summed E-state index contributed by atoms with van der Waals surface area (Å²) < 4.78 is 0. The molecule has 3 N–H and O–H groups in total. The summed E-state index contributed by atoms with van der Waals surface area (Å²) in [6.07, 6.45) is 6.99.